The summed E-state index contributed by atoms with van der Waals surface area (Å²) in [6.45, 7) is 15.2. The van der Waals surface area contributed by atoms with E-state index in [1.54, 1.807) is 19.2 Å². The monoisotopic (exact) mass is 1050 g/mol. The molecule has 4 saturated heterocycles. The van der Waals surface area contributed by atoms with Crippen molar-refractivity contribution >= 4 is 38.8 Å². The molecule has 4 aromatic rings. The smallest absolute Gasteiger partial charge is 0.297 e. The maximum atomic E-state index is 13.6. The number of methoxy groups -OCH3 is 1. The Morgan fingerprint density at radius 1 is 0.920 bits per heavy atom. The molecule has 7 aliphatic rings. The summed E-state index contributed by atoms with van der Waals surface area (Å²) < 4.78 is 65.5. The van der Waals surface area contributed by atoms with E-state index in [0.717, 1.165) is 112 Å². The molecule has 1 saturated carbocycles. The number of pyridine rings is 1. The molecule has 0 radical (unpaired) electrons. The van der Waals surface area contributed by atoms with Gasteiger partial charge in [-0.05, 0) is 107 Å². The summed E-state index contributed by atoms with van der Waals surface area (Å²) in [6.07, 6.45) is 7.99. The SMILES string of the molecule is COc1c(N2CCOC[C@@H]2C)ncc2c1COC[C@@H]2N1CCN(C2CC3(CCN(c4ccc(C(=O)NS(=O)(=O)c5cc6c(c([N+](=O)[O-])c5)N[C@H](C5CCOCC5)CO6)cc4)CC3)C2)[C@H](c2ccccc2OC(C)C)C1. The topological polar surface area (TPSA) is 200 Å². The zero-order valence-electron chi connectivity index (χ0n) is 43.4. The number of piperidine rings is 1. The van der Waals surface area contributed by atoms with Gasteiger partial charge in [0, 0.05) is 99.2 Å². The number of rotatable bonds is 13. The first kappa shape index (κ1) is 51.3. The van der Waals surface area contributed by atoms with Crippen molar-refractivity contribution in [1.29, 1.82) is 0 Å². The fraction of sp³-hybridized carbons (Fsp3) is 0.564. The molecule has 402 valence electrons. The maximum Gasteiger partial charge on any atom is 0.297 e. The molecule has 0 bridgehead atoms. The molecule has 5 fully saturated rings. The third-order valence-electron chi connectivity index (χ3n) is 16.9. The van der Waals surface area contributed by atoms with Crippen molar-refractivity contribution in [2.75, 3.05) is 101 Å². The number of carbonyl (C=O) groups excluding carboxylic acids is 1. The molecule has 19 nitrogen and oxygen atoms in total. The number of morpholine rings is 1. The van der Waals surface area contributed by atoms with Crippen LogP contribution in [0.5, 0.6) is 17.2 Å². The number of ether oxygens (including phenoxy) is 6. The largest absolute Gasteiger partial charge is 0.492 e. The van der Waals surface area contributed by atoms with Gasteiger partial charge >= 0.3 is 0 Å². The number of fused-ring (bicyclic) bond motifs is 2. The van der Waals surface area contributed by atoms with E-state index in [1.807, 2.05) is 12.1 Å². The molecule has 6 aliphatic heterocycles. The third kappa shape index (κ3) is 10.3. The summed E-state index contributed by atoms with van der Waals surface area (Å²) in [5.74, 6) is 1.99. The zero-order valence-corrected chi connectivity index (χ0v) is 44.2. The molecule has 3 aromatic carbocycles. The number of nitro benzene ring substituents is 1. The number of benzene rings is 3. The Morgan fingerprint density at radius 2 is 1.69 bits per heavy atom. The average molecular weight is 1050 g/mol. The first-order valence-corrected chi connectivity index (χ1v) is 28.2. The minimum absolute atomic E-state index is 0.0261. The zero-order chi connectivity index (χ0) is 52.0. The van der Waals surface area contributed by atoms with Gasteiger partial charge < -0.3 is 43.5 Å². The number of carbonyl (C=O) groups is 1. The van der Waals surface area contributed by atoms with Crippen LogP contribution in [0.2, 0.25) is 0 Å². The molecular formula is C55H70N8O11S. The number of nitrogens with one attached hydrogen (secondary N) is 2. The number of sulfonamides is 1. The standard InChI is InChI=1S/C55H70N8O11S/c1-35(2)74-49-8-6-5-7-42(49)47-30-60(48-34-72-32-44-43(48)29-56-53(52(44)69-4)61-21-24-71-31-36(61)3)19-20-62(47)40-27-55(28-40)15-17-59(18-16-55)39-11-9-38(10-12-39)54(64)58-75(67,68)41-25-46(63(65)66)51-50(26-41)73-33-45(57-51)37-13-22-70-23-14-37/h5-12,25-26,29,35-37,40,45,47-48,57H,13-24,27-28,30-34H2,1-4H3,(H,58,64)/t36-,45-,47-,48-/m0/s1. The van der Waals surface area contributed by atoms with Gasteiger partial charge in [-0.1, -0.05) is 18.2 Å². The van der Waals surface area contributed by atoms with E-state index in [2.05, 4.69) is 80.9 Å². The molecule has 7 heterocycles. The van der Waals surface area contributed by atoms with E-state index in [4.69, 9.17) is 33.4 Å². The van der Waals surface area contributed by atoms with Crippen LogP contribution < -0.4 is 34.0 Å². The lowest BCUT2D eigenvalue weighted by atomic mass is 9.59. The normalized spacial score (nSPS) is 24.6. The van der Waals surface area contributed by atoms with Gasteiger partial charge in [0.2, 0.25) is 0 Å². The van der Waals surface area contributed by atoms with Gasteiger partial charge in [-0.2, -0.15) is 0 Å². The van der Waals surface area contributed by atoms with E-state index in [9.17, 15) is 23.3 Å². The third-order valence-corrected chi connectivity index (χ3v) is 18.2. The summed E-state index contributed by atoms with van der Waals surface area (Å²) in [5.41, 5.74) is 4.50. The van der Waals surface area contributed by atoms with E-state index >= 15 is 0 Å². The molecule has 4 atom stereocenters. The predicted octanol–water partition coefficient (Wildman–Crippen LogP) is 7.11. The van der Waals surface area contributed by atoms with Crippen LogP contribution in [0.1, 0.15) is 98.4 Å². The Morgan fingerprint density at radius 3 is 2.43 bits per heavy atom. The van der Waals surface area contributed by atoms with Crippen molar-refractivity contribution < 1.29 is 46.6 Å². The van der Waals surface area contributed by atoms with Crippen molar-refractivity contribution in [3.05, 3.63) is 99.2 Å². The second kappa shape index (κ2) is 21.3. The highest BCUT2D eigenvalue weighted by Gasteiger charge is 2.51. The molecule has 20 heteroatoms. The molecule has 1 amide bonds. The van der Waals surface area contributed by atoms with Crippen molar-refractivity contribution in [3.63, 3.8) is 0 Å². The number of anilines is 3. The molecular weight excluding hydrogens is 981 g/mol. The molecule has 75 heavy (non-hydrogen) atoms. The number of nitrogens with zero attached hydrogens (tertiary/aromatic N) is 6. The molecule has 0 unspecified atom stereocenters. The Bertz CT molecular complexity index is 2850. The Kier molecular flexibility index (Phi) is 14.6. The van der Waals surface area contributed by atoms with Crippen LogP contribution in [0, 0.1) is 21.4 Å². The second-order valence-corrected chi connectivity index (χ2v) is 23.4. The lowest BCUT2D eigenvalue weighted by Crippen LogP contribution is -2.60. The molecule has 1 aromatic heterocycles. The van der Waals surface area contributed by atoms with Gasteiger partial charge in [0.25, 0.3) is 21.6 Å². The lowest BCUT2D eigenvalue weighted by Gasteiger charge is -2.58. The van der Waals surface area contributed by atoms with Gasteiger partial charge in [-0.15, -0.1) is 0 Å². The summed E-state index contributed by atoms with van der Waals surface area (Å²) in [4.78, 5) is 39.6. The van der Waals surface area contributed by atoms with Crippen LogP contribution in [0.25, 0.3) is 0 Å². The Balaban J connectivity index is 0.734. The summed E-state index contributed by atoms with van der Waals surface area (Å²) in [6, 6.07) is 18.3. The fourth-order valence-electron chi connectivity index (χ4n) is 12.8. The number of para-hydroxylation sites is 1. The number of hydrogen-bond donors (Lipinski definition) is 2. The number of hydrogen-bond acceptors (Lipinski definition) is 17. The number of aromatic nitrogens is 1. The minimum atomic E-state index is -4.50. The summed E-state index contributed by atoms with van der Waals surface area (Å²) in [5, 5.41) is 15.4. The predicted molar refractivity (Wildman–Crippen MR) is 282 cm³/mol. The van der Waals surface area contributed by atoms with Gasteiger partial charge in [0.1, 0.15) is 12.4 Å². The van der Waals surface area contributed by atoms with Crippen molar-refractivity contribution in [2.45, 2.75) is 107 Å². The number of nitro groups is 1. The van der Waals surface area contributed by atoms with Gasteiger partial charge in [0.15, 0.2) is 23.0 Å². The van der Waals surface area contributed by atoms with Crippen LogP contribution in [-0.4, -0.2) is 144 Å². The van der Waals surface area contributed by atoms with Crippen LogP contribution in [0.3, 0.4) is 0 Å². The summed E-state index contributed by atoms with van der Waals surface area (Å²) in [7, 11) is -2.77. The van der Waals surface area contributed by atoms with Crippen molar-refractivity contribution in [2.24, 2.45) is 11.3 Å². The first-order valence-electron chi connectivity index (χ1n) is 26.7. The van der Waals surface area contributed by atoms with E-state index in [0.29, 0.717) is 45.7 Å². The average Bonchev–Trinajstić information content (AvgIpc) is 3.41. The van der Waals surface area contributed by atoms with Crippen LogP contribution in [-0.2, 0) is 30.8 Å². The van der Waals surface area contributed by atoms with Crippen molar-refractivity contribution in [1.82, 2.24) is 19.5 Å². The van der Waals surface area contributed by atoms with E-state index < -0.39 is 31.4 Å². The summed E-state index contributed by atoms with van der Waals surface area (Å²) >= 11 is 0. The minimum Gasteiger partial charge on any atom is -0.492 e. The lowest BCUT2D eigenvalue weighted by molar-refractivity contribution is -0.384. The molecule has 1 aliphatic carbocycles. The molecule has 2 N–H and O–H groups in total. The van der Waals surface area contributed by atoms with Crippen LogP contribution in [0.4, 0.5) is 22.9 Å². The maximum absolute atomic E-state index is 13.6. The van der Waals surface area contributed by atoms with Gasteiger partial charge in [0.05, 0.1) is 73.6 Å². The van der Waals surface area contributed by atoms with E-state index in [1.165, 1.54) is 17.2 Å². The Labute approximate surface area is 439 Å². The van der Waals surface area contributed by atoms with Crippen LogP contribution >= 0.6 is 0 Å². The van der Waals surface area contributed by atoms with Crippen LogP contribution in [0.15, 0.2) is 71.8 Å². The quantitative estimate of drug-likeness (QED) is 0.101. The Hall–Kier alpha value is -5.77. The van der Waals surface area contributed by atoms with Gasteiger partial charge in [-0.3, -0.25) is 24.7 Å². The fourth-order valence-corrected chi connectivity index (χ4v) is 13.8. The van der Waals surface area contributed by atoms with E-state index in [-0.39, 0.29) is 65.2 Å². The number of amides is 1. The first-order chi connectivity index (χ1) is 36.3. The van der Waals surface area contributed by atoms with Crippen molar-refractivity contribution in [3.8, 4) is 17.2 Å². The molecule has 1 spiro atoms. The number of piperazine rings is 1. The highest BCUT2D eigenvalue weighted by Crippen LogP contribution is 2.54. The second-order valence-electron chi connectivity index (χ2n) is 21.8. The highest BCUT2D eigenvalue weighted by atomic mass is 32.2. The highest BCUT2D eigenvalue weighted by molar-refractivity contribution is 7.90. The molecule has 11 rings (SSSR count). The van der Waals surface area contributed by atoms with Gasteiger partial charge in [-0.25, -0.2) is 18.1 Å².